The number of H-pyrrole nitrogens is 1. The van der Waals surface area contributed by atoms with Crippen LogP contribution in [0.3, 0.4) is 0 Å². The van der Waals surface area contributed by atoms with Gasteiger partial charge in [-0.2, -0.15) is 0 Å². The number of hydrogen-bond donors (Lipinski definition) is 2. The predicted molar refractivity (Wildman–Crippen MR) is 65.4 cm³/mol. The summed E-state index contributed by atoms with van der Waals surface area (Å²) in [5.41, 5.74) is 0.564. The van der Waals surface area contributed by atoms with E-state index >= 15 is 0 Å². The topological polar surface area (TPSA) is 66.0 Å². The monoisotopic (exact) mass is 250 g/mol. The summed E-state index contributed by atoms with van der Waals surface area (Å²) in [5, 5.41) is 9.73. The Labute approximate surface area is 103 Å². The summed E-state index contributed by atoms with van der Waals surface area (Å²) in [7, 11) is 0. The van der Waals surface area contributed by atoms with Crippen molar-refractivity contribution in [1.29, 1.82) is 0 Å². The van der Waals surface area contributed by atoms with Crippen molar-refractivity contribution >= 4 is 11.6 Å². The van der Waals surface area contributed by atoms with E-state index in [-0.39, 0.29) is 5.75 Å². The molecular weight excluding hydrogens is 240 g/mol. The van der Waals surface area contributed by atoms with Gasteiger partial charge in [0.2, 0.25) is 0 Å². The van der Waals surface area contributed by atoms with Gasteiger partial charge in [0, 0.05) is 11.4 Å². The maximum atomic E-state index is 11.1. The van der Waals surface area contributed by atoms with Gasteiger partial charge in [0.25, 0.3) is 5.56 Å². The van der Waals surface area contributed by atoms with Crippen LogP contribution in [-0.2, 0) is 12.8 Å². The van der Waals surface area contributed by atoms with Crippen LogP contribution in [-0.4, -0.2) is 15.1 Å². The molecule has 1 heterocycles. The summed E-state index contributed by atoms with van der Waals surface area (Å²) in [6.45, 7) is 0. The third kappa shape index (κ3) is 3.07. The second kappa shape index (κ2) is 5.01. The van der Waals surface area contributed by atoms with Gasteiger partial charge < -0.3 is 10.1 Å². The lowest BCUT2D eigenvalue weighted by Gasteiger charge is -2.02. The van der Waals surface area contributed by atoms with Gasteiger partial charge in [-0.05, 0) is 24.1 Å². The molecule has 4 nitrogen and oxygen atoms in total. The standard InChI is InChI=1S/C12H11ClN2O2/c13-9-3-1-2-8(6-9)4-5-11-14-7-10(16)12(17)15-11/h1-3,6-7,16H,4-5H2,(H,14,15,17). The van der Waals surface area contributed by atoms with Crippen molar-refractivity contribution in [2.24, 2.45) is 0 Å². The zero-order valence-corrected chi connectivity index (χ0v) is 9.74. The number of rotatable bonds is 3. The van der Waals surface area contributed by atoms with E-state index in [0.29, 0.717) is 17.3 Å². The predicted octanol–water partition coefficient (Wildman–Crippen LogP) is 1.91. The van der Waals surface area contributed by atoms with Crippen molar-refractivity contribution in [2.45, 2.75) is 12.8 Å². The van der Waals surface area contributed by atoms with Crippen LogP contribution in [0.5, 0.6) is 5.75 Å². The molecule has 0 radical (unpaired) electrons. The normalized spacial score (nSPS) is 10.4. The highest BCUT2D eigenvalue weighted by Crippen LogP contribution is 2.12. The molecule has 0 unspecified atom stereocenters. The Bertz CT molecular complexity index is 581. The van der Waals surface area contributed by atoms with Crippen LogP contribution in [0, 0.1) is 0 Å². The van der Waals surface area contributed by atoms with Gasteiger partial charge in [0.15, 0.2) is 5.75 Å². The number of aromatic hydroxyl groups is 1. The number of hydrogen-bond acceptors (Lipinski definition) is 3. The quantitative estimate of drug-likeness (QED) is 0.875. The number of nitrogens with one attached hydrogen (secondary N) is 1. The fourth-order valence-corrected chi connectivity index (χ4v) is 1.72. The minimum Gasteiger partial charge on any atom is -0.502 e. The minimum absolute atomic E-state index is 0.364. The maximum absolute atomic E-state index is 11.1. The third-order valence-electron chi connectivity index (χ3n) is 2.37. The van der Waals surface area contributed by atoms with Crippen molar-refractivity contribution in [2.75, 3.05) is 0 Å². The first-order chi connectivity index (χ1) is 8.15. The third-order valence-corrected chi connectivity index (χ3v) is 2.61. The van der Waals surface area contributed by atoms with Crippen molar-refractivity contribution in [3.05, 3.63) is 57.2 Å². The molecule has 0 bridgehead atoms. The molecule has 1 aromatic carbocycles. The van der Waals surface area contributed by atoms with E-state index in [9.17, 15) is 4.79 Å². The molecule has 0 amide bonds. The van der Waals surface area contributed by atoms with E-state index in [1.165, 1.54) is 0 Å². The second-order valence-electron chi connectivity index (χ2n) is 3.67. The van der Waals surface area contributed by atoms with E-state index in [1.54, 1.807) is 0 Å². The Hall–Kier alpha value is -1.81. The summed E-state index contributed by atoms with van der Waals surface area (Å²) in [5.74, 6) is 0.185. The SMILES string of the molecule is O=c1[nH]c(CCc2cccc(Cl)c2)ncc1O. The van der Waals surface area contributed by atoms with Crippen LogP contribution in [0.2, 0.25) is 5.02 Å². The van der Waals surface area contributed by atoms with E-state index in [2.05, 4.69) is 9.97 Å². The fraction of sp³-hybridized carbons (Fsp3) is 0.167. The number of aromatic amines is 1. The largest absolute Gasteiger partial charge is 0.502 e. The van der Waals surface area contributed by atoms with Crippen LogP contribution in [0.25, 0.3) is 0 Å². The summed E-state index contributed by atoms with van der Waals surface area (Å²) in [4.78, 5) is 17.6. The Balaban J connectivity index is 2.07. The molecule has 0 aliphatic rings. The smallest absolute Gasteiger partial charge is 0.293 e. The fourth-order valence-electron chi connectivity index (χ4n) is 1.51. The van der Waals surface area contributed by atoms with E-state index in [0.717, 1.165) is 18.2 Å². The first-order valence-electron chi connectivity index (χ1n) is 5.17. The van der Waals surface area contributed by atoms with Crippen molar-refractivity contribution in [3.63, 3.8) is 0 Å². The lowest BCUT2D eigenvalue weighted by Crippen LogP contribution is -2.10. The molecule has 88 valence electrons. The van der Waals surface area contributed by atoms with E-state index in [4.69, 9.17) is 16.7 Å². The molecule has 1 aromatic heterocycles. The Morgan fingerprint density at radius 3 is 2.88 bits per heavy atom. The van der Waals surface area contributed by atoms with Crippen molar-refractivity contribution in [3.8, 4) is 5.75 Å². The zero-order valence-electron chi connectivity index (χ0n) is 8.98. The van der Waals surface area contributed by atoms with Gasteiger partial charge in [-0.3, -0.25) is 4.79 Å². The number of halogens is 1. The van der Waals surface area contributed by atoms with Gasteiger partial charge in [0.05, 0.1) is 6.20 Å². The molecule has 17 heavy (non-hydrogen) atoms. The average molecular weight is 251 g/mol. The first-order valence-corrected chi connectivity index (χ1v) is 5.54. The van der Waals surface area contributed by atoms with Crippen LogP contribution in [0.4, 0.5) is 0 Å². The van der Waals surface area contributed by atoms with Crippen LogP contribution in [0.15, 0.2) is 35.3 Å². The van der Waals surface area contributed by atoms with Gasteiger partial charge in [-0.25, -0.2) is 4.98 Å². The molecule has 0 aliphatic carbocycles. The Morgan fingerprint density at radius 2 is 2.18 bits per heavy atom. The highest BCUT2D eigenvalue weighted by molar-refractivity contribution is 6.30. The summed E-state index contributed by atoms with van der Waals surface area (Å²) < 4.78 is 0. The zero-order chi connectivity index (χ0) is 12.3. The number of aryl methyl sites for hydroxylation is 2. The maximum Gasteiger partial charge on any atom is 0.293 e. The second-order valence-corrected chi connectivity index (χ2v) is 4.11. The summed E-state index contributed by atoms with van der Waals surface area (Å²) in [6, 6.07) is 7.53. The van der Waals surface area contributed by atoms with E-state index < -0.39 is 5.56 Å². The highest BCUT2D eigenvalue weighted by atomic mass is 35.5. The van der Waals surface area contributed by atoms with E-state index in [1.807, 2.05) is 24.3 Å². The molecule has 0 spiro atoms. The Morgan fingerprint density at radius 1 is 1.35 bits per heavy atom. The van der Waals surface area contributed by atoms with Gasteiger partial charge in [0.1, 0.15) is 5.82 Å². The lowest BCUT2D eigenvalue weighted by atomic mass is 10.1. The molecule has 2 aromatic rings. The van der Waals surface area contributed by atoms with Crippen LogP contribution < -0.4 is 5.56 Å². The van der Waals surface area contributed by atoms with Crippen molar-refractivity contribution in [1.82, 2.24) is 9.97 Å². The van der Waals surface area contributed by atoms with Crippen molar-refractivity contribution < 1.29 is 5.11 Å². The van der Waals surface area contributed by atoms with Crippen LogP contribution in [0.1, 0.15) is 11.4 Å². The van der Waals surface area contributed by atoms with Gasteiger partial charge in [-0.1, -0.05) is 23.7 Å². The molecule has 2 rings (SSSR count). The number of benzene rings is 1. The molecule has 0 atom stereocenters. The molecular formula is C12H11ClN2O2. The molecule has 0 saturated carbocycles. The highest BCUT2D eigenvalue weighted by Gasteiger charge is 2.01. The molecule has 5 heteroatoms. The minimum atomic E-state index is -0.513. The summed E-state index contributed by atoms with van der Waals surface area (Å²) in [6.07, 6.45) is 2.48. The number of aromatic nitrogens is 2. The molecule has 0 saturated heterocycles. The Kier molecular flexibility index (Phi) is 3.44. The van der Waals surface area contributed by atoms with Gasteiger partial charge in [-0.15, -0.1) is 0 Å². The number of nitrogens with zero attached hydrogens (tertiary/aromatic N) is 1. The molecule has 0 fully saturated rings. The molecule has 2 N–H and O–H groups in total. The van der Waals surface area contributed by atoms with Gasteiger partial charge >= 0.3 is 0 Å². The summed E-state index contributed by atoms with van der Waals surface area (Å²) >= 11 is 5.87. The molecule has 0 aliphatic heterocycles. The first kappa shape index (κ1) is 11.7. The average Bonchev–Trinajstić information content (AvgIpc) is 2.31. The lowest BCUT2D eigenvalue weighted by molar-refractivity contribution is 0.461. The van der Waals surface area contributed by atoms with Crippen LogP contribution >= 0.6 is 11.6 Å².